The Balaban J connectivity index is 1.30. The molecule has 5 rings (SSSR count). The number of fused-ring (bicyclic) bond motifs is 2. The fourth-order valence-corrected chi connectivity index (χ4v) is 8.57. The summed E-state index contributed by atoms with van der Waals surface area (Å²) in [5.41, 5.74) is 10.1. The minimum absolute atomic E-state index is 0.0608. The molecule has 2 aliphatic heterocycles. The Morgan fingerprint density at radius 1 is 1.29 bits per heavy atom. The Hall–Kier alpha value is -1.85. The summed E-state index contributed by atoms with van der Waals surface area (Å²) in [6, 6.07) is 8.73. The van der Waals surface area contributed by atoms with Crippen LogP contribution in [0, 0.1) is 17.2 Å². The van der Waals surface area contributed by atoms with Crippen LogP contribution >= 0.6 is 23.1 Å². The van der Waals surface area contributed by atoms with Crippen LogP contribution < -0.4 is 11.1 Å². The Kier molecular flexibility index (Phi) is 7.28. The fourth-order valence-electron chi connectivity index (χ4n) is 5.92. The van der Waals surface area contributed by atoms with E-state index in [9.17, 15) is 10.1 Å². The maximum Gasteiger partial charge on any atom is 0.229 e. The molecule has 3 aliphatic rings. The first-order chi connectivity index (χ1) is 16.9. The van der Waals surface area contributed by atoms with Crippen molar-refractivity contribution in [2.75, 3.05) is 24.2 Å². The van der Waals surface area contributed by atoms with Gasteiger partial charge in [0.2, 0.25) is 5.91 Å². The highest BCUT2D eigenvalue weighted by atomic mass is 32.2. The molecule has 1 unspecified atom stereocenters. The van der Waals surface area contributed by atoms with Crippen LogP contribution in [-0.4, -0.2) is 35.2 Å². The monoisotopic (exact) mass is 508 g/mol. The molecule has 3 heterocycles. The van der Waals surface area contributed by atoms with Gasteiger partial charge in [-0.3, -0.25) is 9.69 Å². The average Bonchev–Trinajstić information content (AvgIpc) is 3.39. The van der Waals surface area contributed by atoms with Crippen LogP contribution in [0.25, 0.3) is 0 Å². The topological polar surface area (TPSA) is 82.1 Å². The molecule has 35 heavy (non-hydrogen) atoms. The van der Waals surface area contributed by atoms with Crippen molar-refractivity contribution in [2.24, 2.45) is 11.7 Å². The average molecular weight is 509 g/mol. The Morgan fingerprint density at radius 3 is 2.83 bits per heavy atom. The molecule has 7 heteroatoms. The Bertz CT molecular complexity index is 1140. The maximum absolute atomic E-state index is 13.0. The Morgan fingerprint density at radius 2 is 2.09 bits per heavy atom. The molecule has 5 nitrogen and oxygen atoms in total. The first-order valence-electron chi connectivity index (χ1n) is 12.9. The van der Waals surface area contributed by atoms with E-state index in [2.05, 4.69) is 42.3 Å². The van der Waals surface area contributed by atoms with Gasteiger partial charge in [0.05, 0.1) is 12.0 Å². The van der Waals surface area contributed by atoms with Crippen molar-refractivity contribution >= 4 is 34.0 Å². The van der Waals surface area contributed by atoms with Crippen LogP contribution in [-0.2, 0) is 24.2 Å². The molecule has 0 bridgehead atoms. The zero-order valence-corrected chi connectivity index (χ0v) is 22.5. The minimum atomic E-state index is -0.0617. The predicted octanol–water partition coefficient (Wildman–Crippen LogP) is 5.67. The number of rotatable bonds is 6. The number of thiophene rings is 1. The lowest BCUT2D eigenvalue weighted by Gasteiger charge is -2.44. The zero-order valence-electron chi connectivity index (χ0n) is 20.9. The summed E-state index contributed by atoms with van der Waals surface area (Å²) < 4.78 is 0. The molecule has 0 saturated heterocycles. The van der Waals surface area contributed by atoms with Crippen molar-refractivity contribution in [2.45, 2.75) is 81.7 Å². The smallest absolute Gasteiger partial charge is 0.229 e. The van der Waals surface area contributed by atoms with Gasteiger partial charge in [-0.05, 0) is 49.8 Å². The highest BCUT2D eigenvalue weighted by Crippen LogP contribution is 2.43. The number of nitrogens with two attached hydrogens (primary N) is 1. The van der Waals surface area contributed by atoms with Crippen LogP contribution in [0.5, 0.6) is 0 Å². The second-order valence-electron chi connectivity index (χ2n) is 11.0. The van der Waals surface area contributed by atoms with Gasteiger partial charge >= 0.3 is 0 Å². The molecule has 1 saturated carbocycles. The van der Waals surface area contributed by atoms with Gasteiger partial charge in [-0.15, -0.1) is 23.1 Å². The van der Waals surface area contributed by atoms with E-state index < -0.39 is 0 Å². The van der Waals surface area contributed by atoms with E-state index in [0.717, 1.165) is 47.3 Å². The summed E-state index contributed by atoms with van der Waals surface area (Å²) in [7, 11) is 0. The first kappa shape index (κ1) is 24.8. The molecule has 3 N–H and O–H groups in total. The lowest BCUT2D eigenvalue weighted by atomic mass is 9.84. The fraction of sp³-hybridized carbons (Fsp3) is 0.571. The van der Waals surface area contributed by atoms with Gasteiger partial charge in [-0.25, -0.2) is 0 Å². The molecule has 1 fully saturated rings. The summed E-state index contributed by atoms with van der Waals surface area (Å²) in [4.78, 5) is 18.1. The van der Waals surface area contributed by atoms with E-state index in [4.69, 9.17) is 5.73 Å². The summed E-state index contributed by atoms with van der Waals surface area (Å²) in [6.07, 6.45) is 7.94. The third-order valence-electron chi connectivity index (χ3n) is 8.06. The van der Waals surface area contributed by atoms with E-state index >= 15 is 0 Å². The molecular weight excluding hydrogens is 472 g/mol. The molecule has 1 aromatic heterocycles. The van der Waals surface area contributed by atoms with E-state index in [1.54, 1.807) is 11.3 Å². The molecule has 1 aliphatic carbocycles. The standard InChI is InChI=1S/C28H36N4OS2/c1-28(2)12-25-23(16-32(28)15-18-6-4-3-5-7-18)22(14-30)27(35-25)31-26(33)11-19-8-9-24-21(10-19)20(13-29)17-34-24/h8-10,18,20H,3-7,11-13,15-17,29H2,1-2H3,(H,31,33). The minimum Gasteiger partial charge on any atom is -0.330 e. The van der Waals surface area contributed by atoms with Gasteiger partial charge in [0.25, 0.3) is 0 Å². The number of anilines is 1. The second-order valence-corrected chi connectivity index (χ2v) is 13.2. The molecule has 186 valence electrons. The van der Waals surface area contributed by atoms with E-state index in [-0.39, 0.29) is 11.4 Å². The van der Waals surface area contributed by atoms with Crippen molar-refractivity contribution < 1.29 is 4.79 Å². The van der Waals surface area contributed by atoms with Crippen LogP contribution in [0.4, 0.5) is 5.00 Å². The van der Waals surface area contributed by atoms with Crippen molar-refractivity contribution in [3.8, 4) is 6.07 Å². The quantitative estimate of drug-likeness (QED) is 0.526. The number of carbonyl (C=O) groups excluding carboxylic acids is 1. The third kappa shape index (κ3) is 5.17. The first-order valence-corrected chi connectivity index (χ1v) is 14.7. The van der Waals surface area contributed by atoms with Crippen LogP contribution in [0.15, 0.2) is 23.1 Å². The second kappa shape index (κ2) is 10.3. The molecule has 1 atom stereocenters. The number of hydrogen-bond donors (Lipinski definition) is 2. The number of benzene rings is 1. The van der Waals surface area contributed by atoms with Gasteiger partial charge in [0, 0.05) is 58.6 Å². The molecule has 0 spiro atoms. The van der Waals surface area contributed by atoms with Gasteiger partial charge in [0.1, 0.15) is 11.1 Å². The highest BCUT2D eigenvalue weighted by molar-refractivity contribution is 7.99. The Labute approximate surface area is 217 Å². The van der Waals surface area contributed by atoms with E-state index in [1.807, 2.05) is 17.8 Å². The molecule has 2 aromatic rings. The predicted molar refractivity (Wildman–Crippen MR) is 145 cm³/mol. The van der Waals surface area contributed by atoms with Gasteiger partial charge in [0.15, 0.2) is 0 Å². The van der Waals surface area contributed by atoms with Crippen molar-refractivity contribution in [1.82, 2.24) is 4.90 Å². The normalized spacial score (nSPS) is 21.8. The summed E-state index contributed by atoms with van der Waals surface area (Å²) in [5.74, 6) is 2.08. The van der Waals surface area contributed by atoms with E-state index in [0.29, 0.717) is 24.4 Å². The molecule has 1 aromatic carbocycles. The maximum atomic E-state index is 13.0. The number of amides is 1. The molecular formula is C28H36N4OS2. The summed E-state index contributed by atoms with van der Waals surface area (Å²) in [6.45, 7) is 7.19. The lowest BCUT2D eigenvalue weighted by molar-refractivity contribution is -0.115. The van der Waals surface area contributed by atoms with E-state index in [1.165, 1.54) is 47.4 Å². The SMILES string of the molecule is CC1(C)Cc2sc(NC(=O)Cc3ccc4c(c3)C(CN)CS4)c(C#N)c2CN1CC1CCCCC1. The number of hydrogen-bond acceptors (Lipinski definition) is 6. The number of nitrogens with zero attached hydrogens (tertiary/aromatic N) is 2. The number of carbonyl (C=O) groups is 1. The van der Waals surface area contributed by atoms with Gasteiger partial charge in [-0.1, -0.05) is 31.4 Å². The number of thioether (sulfide) groups is 1. The van der Waals surface area contributed by atoms with Crippen LogP contribution in [0.1, 0.15) is 79.0 Å². The van der Waals surface area contributed by atoms with Crippen molar-refractivity contribution in [3.05, 3.63) is 45.3 Å². The van der Waals surface area contributed by atoms with Crippen molar-refractivity contribution in [1.29, 1.82) is 5.26 Å². The zero-order chi connectivity index (χ0) is 24.6. The van der Waals surface area contributed by atoms with Gasteiger partial charge in [-0.2, -0.15) is 5.26 Å². The lowest BCUT2D eigenvalue weighted by Crippen LogP contribution is -2.50. The number of nitriles is 1. The van der Waals surface area contributed by atoms with Crippen LogP contribution in [0.3, 0.4) is 0 Å². The van der Waals surface area contributed by atoms with Crippen molar-refractivity contribution in [3.63, 3.8) is 0 Å². The largest absolute Gasteiger partial charge is 0.330 e. The molecule has 1 amide bonds. The van der Waals surface area contributed by atoms with Crippen LogP contribution in [0.2, 0.25) is 0 Å². The molecule has 0 radical (unpaired) electrons. The highest BCUT2D eigenvalue weighted by Gasteiger charge is 2.37. The summed E-state index contributed by atoms with van der Waals surface area (Å²) in [5, 5.41) is 13.8. The van der Waals surface area contributed by atoms with Gasteiger partial charge < -0.3 is 11.1 Å². The summed E-state index contributed by atoms with van der Waals surface area (Å²) >= 11 is 3.44. The third-order valence-corrected chi connectivity index (χ3v) is 10.5. The number of nitrogens with one attached hydrogen (secondary N) is 1.